The maximum absolute atomic E-state index is 9.58. The molecule has 1 saturated heterocycles. The van der Waals surface area contributed by atoms with Gasteiger partial charge in [0.15, 0.2) is 0 Å². The van der Waals surface area contributed by atoms with Crippen LogP contribution in [0.3, 0.4) is 0 Å². The highest BCUT2D eigenvalue weighted by atomic mass is 16.3. The fourth-order valence-corrected chi connectivity index (χ4v) is 3.59. The lowest BCUT2D eigenvalue weighted by molar-refractivity contribution is 0.122. The summed E-state index contributed by atoms with van der Waals surface area (Å²) in [6, 6.07) is 9.31. The highest BCUT2D eigenvalue weighted by Gasteiger charge is 2.21. The third-order valence-corrected chi connectivity index (χ3v) is 4.87. The number of benzene rings is 1. The van der Waals surface area contributed by atoms with Crippen molar-refractivity contribution in [2.45, 2.75) is 56.5 Å². The average Bonchev–Trinajstić information content (AvgIpc) is 2.49. The van der Waals surface area contributed by atoms with Crippen molar-refractivity contribution in [3.8, 4) is 0 Å². The second-order valence-corrected chi connectivity index (χ2v) is 6.22. The molecule has 19 heavy (non-hydrogen) atoms. The predicted octanol–water partition coefficient (Wildman–Crippen LogP) is 3.17. The highest BCUT2D eigenvalue weighted by molar-refractivity contribution is 5.28. The minimum Gasteiger partial charge on any atom is -0.393 e. The molecule has 0 aromatic heterocycles. The molecule has 0 spiro atoms. The van der Waals surface area contributed by atoms with Crippen LogP contribution in [-0.2, 0) is 0 Å². The molecule has 0 bridgehead atoms. The van der Waals surface area contributed by atoms with Crippen molar-refractivity contribution < 1.29 is 5.11 Å². The van der Waals surface area contributed by atoms with Crippen molar-refractivity contribution >= 4 is 0 Å². The Kier molecular flexibility index (Phi) is 4.19. The van der Waals surface area contributed by atoms with Crippen molar-refractivity contribution in [3.05, 3.63) is 35.4 Å². The normalized spacial score (nSPS) is 32.2. The number of piperidine rings is 1. The Balaban J connectivity index is 1.65. The molecule has 1 unspecified atom stereocenters. The van der Waals surface area contributed by atoms with Gasteiger partial charge in [-0.25, -0.2) is 0 Å². The molecule has 1 aromatic carbocycles. The van der Waals surface area contributed by atoms with Gasteiger partial charge in [0.25, 0.3) is 0 Å². The van der Waals surface area contributed by atoms with E-state index < -0.39 is 0 Å². The summed E-state index contributed by atoms with van der Waals surface area (Å²) in [6.45, 7) is 2.31. The fourth-order valence-electron chi connectivity index (χ4n) is 3.59. The maximum Gasteiger partial charge on any atom is 0.0540 e. The number of rotatable bonds is 2. The van der Waals surface area contributed by atoms with Gasteiger partial charge in [-0.15, -0.1) is 0 Å². The zero-order chi connectivity index (χ0) is 13.1. The Bertz CT molecular complexity index is 386. The lowest BCUT2D eigenvalue weighted by Crippen LogP contribution is -2.28. The molecule has 104 valence electrons. The first-order valence-corrected chi connectivity index (χ1v) is 7.81. The molecule has 1 atom stereocenters. The van der Waals surface area contributed by atoms with E-state index in [0.717, 1.165) is 32.2 Å². The molecule has 2 heteroatoms. The minimum atomic E-state index is -0.0520. The summed E-state index contributed by atoms with van der Waals surface area (Å²) in [5, 5.41) is 13.1. The van der Waals surface area contributed by atoms with Crippen molar-refractivity contribution in [3.63, 3.8) is 0 Å². The topological polar surface area (TPSA) is 32.3 Å². The van der Waals surface area contributed by atoms with Gasteiger partial charge in [-0.3, -0.25) is 0 Å². The summed E-state index contributed by atoms with van der Waals surface area (Å²) >= 11 is 0. The van der Waals surface area contributed by atoms with Gasteiger partial charge in [-0.2, -0.15) is 0 Å². The smallest absolute Gasteiger partial charge is 0.0540 e. The number of aliphatic hydroxyl groups is 1. The van der Waals surface area contributed by atoms with Crippen LogP contribution in [0, 0.1) is 0 Å². The molecule has 2 fully saturated rings. The van der Waals surface area contributed by atoms with Gasteiger partial charge < -0.3 is 10.4 Å². The van der Waals surface area contributed by atoms with Gasteiger partial charge in [-0.05, 0) is 68.0 Å². The van der Waals surface area contributed by atoms with Crippen molar-refractivity contribution in [2.24, 2.45) is 0 Å². The summed E-state index contributed by atoms with van der Waals surface area (Å²) in [4.78, 5) is 0. The monoisotopic (exact) mass is 259 g/mol. The Hall–Kier alpha value is -0.860. The third kappa shape index (κ3) is 3.18. The van der Waals surface area contributed by atoms with Gasteiger partial charge >= 0.3 is 0 Å². The van der Waals surface area contributed by atoms with E-state index in [-0.39, 0.29) is 6.10 Å². The molecular formula is C17H25NO. The van der Waals surface area contributed by atoms with E-state index in [1.807, 2.05) is 0 Å². The quantitative estimate of drug-likeness (QED) is 0.855. The first kappa shape index (κ1) is 13.1. The van der Waals surface area contributed by atoms with Crippen molar-refractivity contribution in [1.29, 1.82) is 0 Å². The summed E-state index contributed by atoms with van der Waals surface area (Å²) in [6.07, 6.45) is 6.80. The van der Waals surface area contributed by atoms with Crippen LogP contribution >= 0.6 is 0 Å². The SMILES string of the molecule is OC1CCC(c2ccc(C3CCCNC3)cc2)CC1. The van der Waals surface area contributed by atoms with Crippen LogP contribution in [0.2, 0.25) is 0 Å². The minimum absolute atomic E-state index is 0.0520. The lowest BCUT2D eigenvalue weighted by atomic mass is 9.82. The van der Waals surface area contributed by atoms with Gasteiger partial charge in [0, 0.05) is 6.54 Å². The van der Waals surface area contributed by atoms with Gasteiger partial charge in [0.1, 0.15) is 0 Å². The lowest BCUT2D eigenvalue weighted by Gasteiger charge is -2.27. The molecule has 0 radical (unpaired) electrons. The van der Waals surface area contributed by atoms with Crippen LogP contribution in [0.15, 0.2) is 24.3 Å². The van der Waals surface area contributed by atoms with Gasteiger partial charge in [-0.1, -0.05) is 24.3 Å². The molecule has 0 amide bonds. The highest BCUT2D eigenvalue weighted by Crippen LogP contribution is 2.33. The zero-order valence-corrected chi connectivity index (χ0v) is 11.6. The Labute approximate surface area is 116 Å². The largest absolute Gasteiger partial charge is 0.393 e. The summed E-state index contributed by atoms with van der Waals surface area (Å²) in [5.41, 5.74) is 2.96. The second-order valence-electron chi connectivity index (χ2n) is 6.22. The fraction of sp³-hybridized carbons (Fsp3) is 0.647. The van der Waals surface area contributed by atoms with Gasteiger partial charge in [0.05, 0.1) is 6.10 Å². The van der Waals surface area contributed by atoms with Crippen LogP contribution in [0.4, 0.5) is 0 Å². The molecule has 1 aliphatic heterocycles. The molecule has 3 rings (SSSR count). The standard InChI is InChI=1S/C17H25NO/c19-17-9-7-14(8-10-17)13-3-5-15(6-4-13)16-2-1-11-18-12-16/h3-6,14,16-19H,1-2,7-12H2. The van der Waals surface area contributed by atoms with Crippen LogP contribution in [0.1, 0.15) is 61.5 Å². The number of nitrogens with one attached hydrogen (secondary N) is 1. The Morgan fingerprint density at radius 1 is 0.842 bits per heavy atom. The number of hydrogen-bond donors (Lipinski definition) is 2. The van der Waals surface area contributed by atoms with E-state index in [9.17, 15) is 5.11 Å². The molecule has 1 aliphatic carbocycles. The first-order valence-electron chi connectivity index (χ1n) is 7.81. The molecule has 2 N–H and O–H groups in total. The van der Waals surface area contributed by atoms with E-state index in [1.54, 1.807) is 0 Å². The van der Waals surface area contributed by atoms with Crippen LogP contribution < -0.4 is 5.32 Å². The van der Waals surface area contributed by atoms with E-state index in [2.05, 4.69) is 29.6 Å². The van der Waals surface area contributed by atoms with Crippen molar-refractivity contribution in [1.82, 2.24) is 5.32 Å². The van der Waals surface area contributed by atoms with E-state index in [1.165, 1.54) is 30.5 Å². The van der Waals surface area contributed by atoms with Crippen LogP contribution in [-0.4, -0.2) is 24.3 Å². The number of aliphatic hydroxyl groups excluding tert-OH is 1. The summed E-state index contributed by atoms with van der Waals surface area (Å²) in [5.74, 6) is 1.37. The Morgan fingerprint density at radius 3 is 2.05 bits per heavy atom. The van der Waals surface area contributed by atoms with Crippen LogP contribution in [0.5, 0.6) is 0 Å². The summed E-state index contributed by atoms with van der Waals surface area (Å²) in [7, 11) is 0. The molecule has 2 nitrogen and oxygen atoms in total. The molecule has 1 aromatic rings. The van der Waals surface area contributed by atoms with E-state index in [4.69, 9.17) is 0 Å². The van der Waals surface area contributed by atoms with E-state index >= 15 is 0 Å². The molecule has 1 saturated carbocycles. The molecule has 1 heterocycles. The summed E-state index contributed by atoms with van der Waals surface area (Å²) < 4.78 is 0. The zero-order valence-electron chi connectivity index (χ0n) is 11.6. The van der Waals surface area contributed by atoms with Crippen LogP contribution in [0.25, 0.3) is 0 Å². The molecule has 2 aliphatic rings. The number of hydrogen-bond acceptors (Lipinski definition) is 2. The average molecular weight is 259 g/mol. The predicted molar refractivity (Wildman–Crippen MR) is 78.5 cm³/mol. The second kappa shape index (κ2) is 6.06. The van der Waals surface area contributed by atoms with E-state index in [0.29, 0.717) is 11.8 Å². The maximum atomic E-state index is 9.58. The first-order chi connectivity index (χ1) is 9.33. The molecular weight excluding hydrogens is 234 g/mol. The van der Waals surface area contributed by atoms with Crippen molar-refractivity contribution in [2.75, 3.05) is 13.1 Å². The Morgan fingerprint density at radius 2 is 1.47 bits per heavy atom. The third-order valence-electron chi connectivity index (χ3n) is 4.87. The van der Waals surface area contributed by atoms with Gasteiger partial charge in [0.2, 0.25) is 0 Å².